The number of fused-ring (bicyclic) bond motifs is 1. The van der Waals surface area contributed by atoms with E-state index < -0.39 is 0 Å². The van der Waals surface area contributed by atoms with Crippen LogP contribution in [0.4, 0.5) is 0 Å². The molecule has 0 heterocycles. The molecule has 0 nitrogen and oxygen atoms in total. The van der Waals surface area contributed by atoms with Crippen molar-refractivity contribution in [2.75, 3.05) is 0 Å². The van der Waals surface area contributed by atoms with Crippen molar-refractivity contribution in [2.45, 2.75) is 107 Å². The van der Waals surface area contributed by atoms with Gasteiger partial charge in [-0.1, -0.05) is 93.9 Å². The zero-order valence-electron chi connectivity index (χ0n) is 15.8. The summed E-state index contributed by atoms with van der Waals surface area (Å²) < 4.78 is 0. The quantitative estimate of drug-likeness (QED) is 0.496. The third kappa shape index (κ3) is 7.51. The highest BCUT2D eigenvalue weighted by molar-refractivity contribution is 4.85. The first kappa shape index (κ1) is 22.0. The summed E-state index contributed by atoms with van der Waals surface area (Å²) in [6.45, 7) is 14.1. The third-order valence-electron chi connectivity index (χ3n) is 6.10. The van der Waals surface area contributed by atoms with E-state index in [1.807, 2.05) is 0 Å². The van der Waals surface area contributed by atoms with Crippen molar-refractivity contribution in [2.24, 2.45) is 35.5 Å². The van der Waals surface area contributed by atoms with Gasteiger partial charge in [0.2, 0.25) is 0 Å². The van der Waals surface area contributed by atoms with Crippen LogP contribution >= 0.6 is 0 Å². The molecule has 0 aromatic rings. The normalized spacial score (nSPS) is 31.6. The van der Waals surface area contributed by atoms with Gasteiger partial charge in [-0.25, -0.2) is 0 Å². The molecule has 0 amide bonds. The van der Waals surface area contributed by atoms with Gasteiger partial charge < -0.3 is 0 Å². The van der Waals surface area contributed by atoms with Gasteiger partial charge in [0, 0.05) is 0 Å². The second-order valence-corrected chi connectivity index (χ2v) is 8.69. The molecule has 0 N–H and O–H groups in total. The van der Waals surface area contributed by atoms with E-state index >= 15 is 0 Å². The summed E-state index contributed by atoms with van der Waals surface area (Å²) in [7, 11) is 0. The van der Waals surface area contributed by atoms with Gasteiger partial charge in [0.05, 0.1) is 0 Å². The monoisotopic (exact) mass is 310 g/mol. The van der Waals surface area contributed by atoms with E-state index in [0.29, 0.717) is 0 Å². The molecule has 2 fully saturated rings. The van der Waals surface area contributed by atoms with E-state index in [2.05, 4.69) is 41.5 Å². The van der Waals surface area contributed by atoms with Gasteiger partial charge in [-0.2, -0.15) is 0 Å². The molecule has 4 unspecified atom stereocenters. The van der Waals surface area contributed by atoms with Crippen LogP contribution in [0.15, 0.2) is 0 Å². The average molecular weight is 311 g/mol. The molecule has 2 aliphatic rings. The Balaban J connectivity index is 0.000000546. The molecule has 4 atom stereocenters. The molecule has 0 saturated heterocycles. The standard InChI is InChI=1S/C15H28.C6H14.CH4/c1-11(2)13-7-5-9-15-12(3)6-4-8-14(15)10-13;1-4-5-6(2)3;/h11-15H,4-10H2,1-3H3;6H,4-5H2,1-3H3;1H4. The van der Waals surface area contributed by atoms with E-state index in [-0.39, 0.29) is 7.43 Å². The molecule has 2 rings (SSSR count). The third-order valence-corrected chi connectivity index (χ3v) is 6.10. The zero-order chi connectivity index (χ0) is 15.8. The molecular weight excluding hydrogens is 264 g/mol. The van der Waals surface area contributed by atoms with Gasteiger partial charge in [0.25, 0.3) is 0 Å². The fourth-order valence-electron chi connectivity index (χ4n) is 4.71. The largest absolute Gasteiger partial charge is 0.0776 e. The highest BCUT2D eigenvalue weighted by Gasteiger charge is 2.34. The van der Waals surface area contributed by atoms with E-state index in [1.165, 1.54) is 51.4 Å². The fraction of sp³-hybridized carbons (Fsp3) is 1.00. The topological polar surface area (TPSA) is 0 Å². The predicted molar refractivity (Wildman–Crippen MR) is 103 cm³/mol. The molecule has 0 radical (unpaired) electrons. The second kappa shape index (κ2) is 11.5. The van der Waals surface area contributed by atoms with Gasteiger partial charge in [-0.05, 0) is 48.3 Å². The Bertz CT molecular complexity index is 253. The first-order valence-corrected chi connectivity index (χ1v) is 9.95. The van der Waals surface area contributed by atoms with Gasteiger partial charge in [0.1, 0.15) is 0 Å². The number of hydrogen-bond donors (Lipinski definition) is 0. The summed E-state index contributed by atoms with van der Waals surface area (Å²) in [5.41, 5.74) is 0. The molecule has 0 spiro atoms. The van der Waals surface area contributed by atoms with Crippen LogP contribution in [-0.4, -0.2) is 0 Å². The number of hydrogen-bond acceptors (Lipinski definition) is 0. The first-order chi connectivity index (χ1) is 9.95. The summed E-state index contributed by atoms with van der Waals surface area (Å²) in [5.74, 6) is 6.04. The van der Waals surface area contributed by atoms with Crippen LogP contribution in [0.2, 0.25) is 0 Å². The molecule has 0 heteroatoms. The van der Waals surface area contributed by atoms with E-state index in [0.717, 1.165) is 35.5 Å². The van der Waals surface area contributed by atoms with Crippen molar-refractivity contribution >= 4 is 0 Å². The van der Waals surface area contributed by atoms with Crippen LogP contribution < -0.4 is 0 Å². The maximum atomic E-state index is 2.51. The van der Waals surface area contributed by atoms with E-state index in [4.69, 9.17) is 0 Å². The summed E-state index contributed by atoms with van der Waals surface area (Å²) in [4.78, 5) is 0. The zero-order valence-corrected chi connectivity index (χ0v) is 15.8. The van der Waals surface area contributed by atoms with Crippen LogP contribution in [-0.2, 0) is 0 Å². The summed E-state index contributed by atoms with van der Waals surface area (Å²) >= 11 is 0. The van der Waals surface area contributed by atoms with Crippen molar-refractivity contribution in [3.63, 3.8) is 0 Å². The van der Waals surface area contributed by atoms with Crippen molar-refractivity contribution in [1.82, 2.24) is 0 Å². The van der Waals surface area contributed by atoms with Crippen LogP contribution in [0.5, 0.6) is 0 Å². The van der Waals surface area contributed by atoms with E-state index in [9.17, 15) is 0 Å². The maximum Gasteiger partial charge on any atom is -0.0360 e. The van der Waals surface area contributed by atoms with Crippen LogP contribution in [0.25, 0.3) is 0 Å². The Morgan fingerprint density at radius 1 is 0.909 bits per heavy atom. The lowest BCUT2D eigenvalue weighted by molar-refractivity contribution is 0.140. The highest BCUT2D eigenvalue weighted by atomic mass is 14.4. The minimum atomic E-state index is 0. The lowest BCUT2D eigenvalue weighted by atomic mass is 9.69. The van der Waals surface area contributed by atoms with Crippen LogP contribution in [0, 0.1) is 35.5 Å². The Morgan fingerprint density at radius 3 is 2.05 bits per heavy atom. The Kier molecular flexibility index (Phi) is 11.5. The van der Waals surface area contributed by atoms with Gasteiger partial charge >= 0.3 is 0 Å². The van der Waals surface area contributed by atoms with Crippen molar-refractivity contribution in [3.8, 4) is 0 Å². The van der Waals surface area contributed by atoms with E-state index in [1.54, 1.807) is 6.42 Å². The summed E-state index contributed by atoms with van der Waals surface area (Å²) in [6.07, 6.45) is 13.4. The van der Waals surface area contributed by atoms with Gasteiger partial charge in [-0.3, -0.25) is 0 Å². The molecule has 0 aliphatic heterocycles. The van der Waals surface area contributed by atoms with Crippen molar-refractivity contribution in [3.05, 3.63) is 0 Å². The SMILES string of the molecule is C.CC(C)C1CCCC2C(C)CCCC2C1.CCCC(C)C. The van der Waals surface area contributed by atoms with Crippen LogP contribution in [0.1, 0.15) is 107 Å². The first-order valence-electron chi connectivity index (χ1n) is 9.95. The Hall–Kier alpha value is 0. The highest BCUT2D eigenvalue weighted by Crippen LogP contribution is 2.45. The fourth-order valence-corrected chi connectivity index (χ4v) is 4.71. The average Bonchev–Trinajstić information content (AvgIpc) is 2.62. The summed E-state index contributed by atoms with van der Waals surface area (Å²) in [5, 5.41) is 0. The number of rotatable bonds is 3. The van der Waals surface area contributed by atoms with Crippen molar-refractivity contribution in [1.29, 1.82) is 0 Å². The molecule has 2 saturated carbocycles. The maximum absolute atomic E-state index is 2.51. The molecule has 134 valence electrons. The molecule has 0 aromatic carbocycles. The molecule has 2 aliphatic carbocycles. The summed E-state index contributed by atoms with van der Waals surface area (Å²) in [6, 6.07) is 0. The van der Waals surface area contributed by atoms with Gasteiger partial charge in [0.15, 0.2) is 0 Å². The minimum Gasteiger partial charge on any atom is -0.0776 e. The minimum absolute atomic E-state index is 0. The molecule has 0 aromatic heterocycles. The Morgan fingerprint density at radius 2 is 1.55 bits per heavy atom. The molecule has 22 heavy (non-hydrogen) atoms. The molecule has 0 bridgehead atoms. The smallest absolute Gasteiger partial charge is 0.0360 e. The molecular formula is C22H46. The van der Waals surface area contributed by atoms with Gasteiger partial charge in [-0.15, -0.1) is 0 Å². The second-order valence-electron chi connectivity index (χ2n) is 8.69. The van der Waals surface area contributed by atoms with Crippen molar-refractivity contribution < 1.29 is 0 Å². The predicted octanol–water partition coefficient (Wildman–Crippen LogP) is 7.96. The lowest BCUT2D eigenvalue weighted by Gasteiger charge is -2.36. The Labute approximate surface area is 142 Å². The van der Waals surface area contributed by atoms with Crippen LogP contribution in [0.3, 0.4) is 0 Å². The lowest BCUT2D eigenvalue weighted by Crippen LogP contribution is -2.27.